The van der Waals surface area contributed by atoms with E-state index in [1.54, 1.807) is 6.07 Å². The van der Waals surface area contributed by atoms with Crippen molar-refractivity contribution >= 4 is 34.3 Å². The van der Waals surface area contributed by atoms with Crippen molar-refractivity contribution in [1.29, 1.82) is 0 Å². The second-order valence-corrected chi connectivity index (χ2v) is 8.03. The van der Waals surface area contributed by atoms with Gasteiger partial charge in [-0.15, -0.1) is 10.2 Å². The molecule has 0 aliphatic heterocycles. The fraction of sp³-hybridized carbons (Fsp3) is 0.200. The van der Waals surface area contributed by atoms with Crippen molar-refractivity contribution in [2.24, 2.45) is 0 Å². The molecule has 0 saturated carbocycles. The number of thioether (sulfide) groups is 1. The fourth-order valence-electron chi connectivity index (χ4n) is 3.01. The van der Waals surface area contributed by atoms with Gasteiger partial charge < -0.3 is 9.55 Å². The van der Waals surface area contributed by atoms with Gasteiger partial charge in [-0.25, -0.2) is 4.98 Å². The van der Waals surface area contributed by atoms with Crippen LogP contribution < -0.4 is 5.56 Å². The molecular formula is C20H18ClN5OS. The number of para-hydroxylation sites is 1. The Kier molecular flexibility index (Phi) is 5.19. The van der Waals surface area contributed by atoms with E-state index in [0.29, 0.717) is 28.3 Å². The first-order valence-corrected chi connectivity index (χ1v) is 10.2. The molecule has 4 aromatic rings. The first kappa shape index (κ1) is 18.7. The highest BCUT2D eigenvalue weighted by Crippen LogP contribution is 2.34. The maximum absolute atomic E-state index is 12.4. The summed E-state index contributed by atoms with van der Waals surface area (Å²) in [5.41, 5.74) is 1.47. The summed E-state index contributed by atoms with van der Waals surface area (Å²) < 4.78 is 2.03. The lowest BCUT2D eigenvalue weighted by atomic mass is 10.2. The molecule has 0 aliphatic carbocycles. The van der Waals surface area contributed by atoms with Crippen LogP contribution in [0.2, 0.25) is 5.02 Å². The predicted molar refractivity (Wildman–Crippen MR) is 113 cm³/mol. The minimum absolute atomic E-state index is 0.0981. The molecule has 0 radical (unpaired) electrons. The molecule has 2 aromatic carbocycles. The second kappa shape index (κ2) is 7.77. The molecule has 0 spiro atoms. The molecule has 1 N–H and O–H groups in total. The van der Waals surface area contributed by atoms with Crippen LogP contribution in [-0.2, 0) is 6.54 Å². The molecule has 0 unspecified atom stereocenters. The molecule has 2 aromatic heterocycles. The number of rotatable bonds is 5. The Bertz CT molecular complexity index is 1200. The Labute approximate surface area is 171 Å². The van der Waals surface area contributed by atoms with Crippen LogP contribution in [0.4, 0.5) is 0 Å². The SMILES string of the molecule is CCn1c(S[C@H](C)c2nc3ccccc3c(=O)[nH]2)nnc1-c1cccc(Cl)c1. The summed E-state index contributed by atoms with van der Waals surface area (Å²) in [5.74, 6) is 1.38. The minimum Gasteiger partial charge on any atom is -0.309 e. The number of nitrogens with one attached hydrogen (secondary N) is 1. The van der Waals surface area contributed by atoms with Crippen LogP contribution in [0.3, 0.4) is 0 Å². The van der Waals surface area contributed by atoms with E-state index in [1.165, 1.54) is 11.8 Å². The molecule has 6 nitrogen and oxygen atoms in total. The first-order valence-electron chi connectivity index (χ1n) is 8.91. The van der Waals surface area contributed by atoms with Crippen molar-refractivity contribution in [3.8, 4) is 11.4 Å². The second-order valence-electron chi connectivity index (χ2n) is 6.29. The summed E-state index contributed by atoms with van der Waals surface area (Å²) in [6, 6.07) is 14.9. The zero-order chi connectivity index (χ0) is 19.7. The van der Waals surface area contributed by atoms with Crippen LogP contribution in [0.5, 0.6) is 0 Å². The van der Waals surface area contributed by atoms with E-state index >= 15 is 0 Å². The number of H-pyrrole nitrogens is 1. The molecule has 0 aliphatic rings. The van der Waals surface area contributed by atoms with Gasteiger partial charge in [0.2, 0.25) is 0 Å². The molecule has 8 heteroatoms. The molecular weight excluding hydrogens is 394 g/mol. The topological polar surface area (TPSA) is 76.5 Å². The van der Waals surface area contributed by atoms with Crippen LogP contribution in [-0.4, -0.2) is 24.7 Å². The summed E-state index contributed by atoms with van der Waals surface area (Å²) in [6.45, 7) is 4.75. The standard InChI is InChI=1S/C20H18ClN5OS/c1-3-26-18(13-7-6-8-14(21)11-13)24-25-20(26)28-12(2)17-22-16-10-5-4-9-15(16)19(27)23-17/h4-12H,3H2,1-2H3,(H,22,23,27)/t12-/m1/s1. The summed E-state index contributed by atoms with van der Waals surface area (Å²) in [4.78, 5) is 19.9. The van der Waals surface area contributed by atoms with Crippen LogP contribution in [0, 0.1) is 0 Å². The molecule has 28 heavy (non-hydrogen) atoms. The highest BCUT2D eigenvalue weighted by atomic mass is 35.5. The quantitative estimate of drug-likeness (QED) is 0.481. The third kappa shape index (κ3) is 3.55. The lowest BCUT2D eigenvalue weighted by Gasteiger charge is -2.12. The Morgan fingerprint density at radius 2 is 2.00 bits per heavy atom. The predicted octanol–water partition coefficient (Wildman–Crippen LogP) is 4.71. The van der Waals surface area contributed by atoms with Gasteiger partial charge in [0, 0.05) is 17.1 Å². The number of benzene rings is 2. The summed E-state index contributed by atoms with van der Waals surface area (Å²) in [6.07, 6.45) is 0. The van der Waals surface area contributed by atoms with Crippen molar-refractivity contribution in [3.05, 3.63) is 69.7 Å². The van der Waals surface area contributed by atoms with E-state index in [9.17, 15) is 4.79 Å². The maximum atomic E-state index is 12.4. The third-order valence-corrected chi connectivity index (χ3v) is 5.74. The third-order valence-electron chi connectivity index (χ3n) is 4.41. The van der Waals surface area contributed by atoms with E-state index in [1.807, 2.05) is 60.9 Å². The van der Waals surface area contributed by atoms with E-state index in [2.05, 4.69) is 20.2 Å². The highest BCUT2D eigenvalue weighted by molar-refractivity contribution is 7.99. The van der Waals surface area contributed by atoms with Crippen LogP contribution in [0.1, 0.15) is 24.9 Å². The Balaban J connectivity index is 1.67. The van der Waals surface area contributed by atoms with Crippen LogP contribution in [0.15, 0.2) is 58.5 Å². The van der Waals surface area contributed by atoms with Gasteiger partial charge in [-0.1, -0.05) is 47.6 Å². The Morgan fingerprint density at radius 1 is 1.18 bits per heavy atom. The number of aromatic amines is 1. The Morgan fingerprint density at radius 3 is 2.79 bits per heavy atom. The van der Waals surface area contributed by atoms with E-state index in [4.69, 9.17) is 11.6 Å². The zero-order valence-corrected chi connectivity index (χ0v) is 17.0. The van der Waals surface area contributed by atoms with Crippen molar-refractivity contribution < 1.29 is 0 Å². The molecule has 0 bridgehead atoms. The number of hydrogen-bond acceptors (Lipinski definition) is 5. The zero-order valence-electron chi connectivity index (χ0n) is 15.4. The number of nitrogens with zero attached hydrogens (tertiary/aromatic N) is 4. The molecule has 0 saturated heterocycles. The lowest BCUT2D eigenvalue weighted by molar-refractivity contribution is 0.685. The number of halogens is 1. The van der Waals surface area contributed by atoms with Gasteiger partial charge in [-0.3, -0.25) is 4.79 Å². The summed E-state index contributed by atoms with van der Waals surface area (Å²) >= 11 is 7.63. The number of fused-ring (bicyclic) bond motifs is 1. The van der Waals surface area contributed by atoms with Gasteiger partial charge in [0.25, 0.3) is 5.56 Å². The summed E-state index contributed by atoms with van der Waals surface area (Å²) in [5, 5.41) is 10.6. The largest absolute Gasteiger partial charge is 0.309 e. The minimum atomic E-state index is -0.135. The van der Waals surface area contributed by atoms with Gasteiger partial charge in [-0.2, -0.15) is 0 Å². The monoisotopic (exact) mass is 411 g/mol. The molecule has 0 fully saturated rings. The Hall–Kier alpha value is -2.64. The fourth-order valence-corrected chi connectivity index (χ4v) is 4.17. The lowest BCUT2D eigenvalue weighted by Crippen LogP contribution is -2.13. The smallest absolute Gasteiger partial charge is 0.258 e. The van der Waals surface area contributed by atoms with E-state index in [0.717, 1.165) is 16.5 Å². The van der Waals surface area contributed by atoms with Gasteiger partial charge in [-0.05, 0) is 38.1 Å². The molecule has 0 amide bonds. The van der Waals surface area contributed by atoms with E-state index < -0.39 is 0 Å². The van der Waals surface area contributed by atoms with Crippen molar-refractivity contribution in [3.63, 3.8) is 0 Å². The van der Waals surface area contributed by atoms with Crippen molar-refractivity contribution in [2.45, 2.75) is 30.8 Å². The van der Waals surface area contributed by atoms with Gasteiger partial charge in [0.1, 0.15) is 5.82 Å². The van der Waals surface area contributed by atoms with Crippen LogP contribution >= 0.6 is 23.4 Å². The van der Waals surface area contributed by atoms with E-state index in [-0.39, 0.29) is 10.8 Å². The van der Waals surface area contributed by atoms with Gasteiger partial charge in [0.15, 0.2) is 11.0 Å². The molecule has 142 valence electrons. The van der Waals surface area contributed by atoms with Crippen molar-refractivity contribution in [1.82, 2.24) is 24.7 Å². The first-order chi connectivity index (χ1) is 13.6. The van der Waals surface area contributed by atoms with Gasteiger partial charge >= 0.3 is 0 Å². The average Bonchev–Trinajstić information content (AvgIpc) is 3.10. The van der Waals surface area contributed by atoms with Gasteiger partial charge in [0.05, 0.1) is 16.2 Å². The average molecular weight is 412 g/mol. The molecule has 1 atom stereocenters. The number of aromatic nitrogens is 5. The maximum Gasteiger partial charge on any atom is 0.258 e. The normalized spacial score (nSPS) is 12.4. The molecule has 4 rings (SSSR count). The number of hydrogen-bond donors (Lipinski definition) is 1. The summed E-state index contributed by atoms with van der Waals surface area (Å²) in [7, 11) is 0. The van der Waals surface area contributed by atoms with Crippen molar-refractivity contribution in [2.75, 3.05) is 0 Å². The van der Waals surface area contributed by atoms with Crippen LogP contribution in [0.25, 0.3) is 22.3 Å². The molecule has 2 heterocycles. The highest BCUT2D eigenvalue weighted by Gasteiger charge is 2.19.